The van der Waals surface area contributed by atoms with Crippen molar-refractivity contribution in [1.29, 1.82) is 0 Å². The summed E-state index contributed by atoms with van der Waals surface area (Å²) in [5.74, 6) is 0.843. The van der Waals surface area contributed by atoms with Crippen molar-refractivity contribution in [3.05, 3.63) is 17.5 Å². The standard InChI is InChI=1S/C9H14N2O/c1-7-9(6-12)5-11(10-7)4-8-2-3-8/h5,8,12H,2-4,6H2,1H3. The molecule has 12 heavy (non-hydrogen) atoms. The lowest BCUT2D eigenvalue weighted by molar-refractivity contribution is 0.281. The normalized spacial score (nSPS) is 16.8. The molecule has 0 spiro atoms. The third kappa shape index (κ3) is 1.50. The molecular weight excluding hydrogens is 152 g/mol. The van der Waals surface area contributed by atoms with E-state index in [4.69, 9.17) is 5.11 Å². The Kier molecular flexibility index (Phi) is 1.89. The second kappa shape index (κ2) is 2.90. The highest BCUT2D eigenvalue weighted by Crippen LogP contribution is 2.30. The molecule has 1 fully saturated rings. The van der Waals surface area contributed by atoms with Crippen molar-refractivity contribution >= 4 is 0 Å². The summed E-state index contributed by atoms with van der Waals surface area (Å²) < 4.78 is 1.96. The SMILES string of the molecule is Cc1nn(CC2CC2)cc1CO. The Labute approximate surface area is 72.0 Å². The van der Waals surface area contributed by atoms with Crippen LogP contribution in [0.25, 0.3) is 0 Å². The van der Waals surface area contributed by atoms with E-state index in [0.717, 1.165) is 23.7 Å². The van der Waals surface area contributed by atoms with Gasteiger partial charge in [-0.1, -0.05) is 0 Å². The third-order valence-electron chi connectivity index (χ3n) is 2.36. The predicted molar refractivity (Wildman–Crippen MR) is 45.6 cm³/mol. The molecule has 0 aliphatic heterocycles. The number of nitrogens with zero attached hydrogens (tertiary/aromatic N) is 2. The summed E-state index contributed by atoms with van der Waals surface area (Å²) in [7, 11) is 0. The third-order valence-corrected chi connectivity index (χ3v) is 2.36. The number of aliphatic hydroxyl groups excluding tert-OH is 1. The minimum atomic E-state index is 0.108. The maximum absolute atomic E-state index is 8.93. The van der Waals surface area contributed by atoms with E-state index < -0.39 is 0 Å². The molecule has 0 amide bonds. The Balaban J connectivity index is 2.10. The molecule has 1 N–H and O–H groups in total. The lowest BCUT2D eigenvalue weighted by Gasteiger charge is -1.95. The van der Waals surface area contributed by atoms with E-state index >= 15 is 0 Å². The topological polar surface area (TPSA) is 38.0 Å². The van der Waals surface area contributed by atoms with Gasteiger partial charge in [0.1, 0.15) is 0 Å². The lowest BCUT2D eigenvalue weighted by Crippen LogP contribution is -1.99. The fourth-order valence-electron chi connectivity index (χ4n) is 1.37. The molecule has 1 aromatic rings. The fraction of sp³-hybridized carbons (Fsp3) is 0.667. The Hall–Kier alpha value is -0.830. The first kappa shape index (κ1) is 7.80. The van der Waals surface area contributed by atoms with Gasteiger partial charge in [0.25, 0.3) is 0 Å². The van der Waals surface area contributed by atoms with Crippen molar-refractivity contribution in [2.75, 3.05) is 0 Å². The van der Waals surface area contributed by atoms with Crippen molar-refractivity contribution in [2.45, 2.75) is 32.9 Å². The van der Waals surface area contributed by atoms with Crippen molar-refractivity contribution in [3.63, 3.8) is 0 Å². The van der Waals surface area contributed by atoms with Gasteiger partial charge in [0.15, 0.2) is 0 Å². The van der Waals surface area contributed by atoms with Crippen LogP contribution in [-0.4, -0.2) is 14.9 Å². The predicted octanol–water partition coefficient (Wildman–Crippen LogP) is 1.09. The maximum Gasteiger partial charge on any atom is 0.0715 e. The average Bonchev–Trinajstić information content (AvgIpc) is 2.76. The van der Waals surface area contributed by atoms with Crippen LogP contribution in [0.3, 0.4) is 0 Å². The number of aryl methyl sites for hydroxylation is 1. The number of rotatable bonds is 3. The zero-order valence-electron chi connectivity index (χ0n) is 7.32. The molecule has 0 bridgehead atoms. The summed E-state index contributed by atoms with van der Waals surface area (Å²) in [5, 5.41) is 13.2. The van der Waals surface area contributed by atoms with Crippen molar-refractivity contribution in [2.24, 2.45) is 5.92 Å². The van der Waals surface area contributed by atoms with E-state index in [1.54, 1.807) is 0 Å². The summed E-state index contributed by atoms with van der Waals surface area (Å²) in [4.78, 5) is 0. The van der Waals surface area contributed by atoms with Gasteiger partial charge in [-0.2, -0.15) is 5.10 Å². The van der Waals surface area contributed by atoms with Crippen molar-refractivity contribution in [3.8, 4) is 0 Å². The van der Waals surface area contributed by atoms with Crippen LogP contribution in [0.2, 0.25) is 0 Å². The lowest BCUT2D eigenvalue weighted by atomic mass is 10.3. The summed E-state index contributed by atoms with van der Waals surface area (Å²) in [6, 6.07) is 0. The van der Waals surface area contributed by atoms with Crippen LogP contribution in [0.15, 0.2) is 6.20 Å². The molecule has 0 unspecified atom stereocenters. The van der Waals surface area contributed by atoms with E-state index in [1.165, 1.54) is 12.8 Å². The summed E-state index contributed by atoms with van der Waals surface area (Å²) in [6.07, 6.45) is 4.63. The Bertz CT molecular complexity index is 276. The first-order valence-corrected chi connectivity index (χ1v) is 4.43. The molecule has 1 heterocycles. The van der Waals surface area contributed by atoms with Crippen LogP contribution in [0.4, 0.5) is 0 Å². The van der Waals surface area contributed by atoms with Crippen LogP contribution in [0.5, 0.6) is 0 Å². The Morgan fingerprint density at radius 3 is 2.92 bits per heavy atom. The van der Waals surface area contributed by atoms with Crippen LogP contribution >= 0.6 is 0 Å². The van der Waals surface area contributed by atoms with Gasteiger partial charge >= 0.3 is 0 Å². The molecule has 1 aliphatic carbocycles. The molecular formula is C9H14N2O. The van der Waals surface area contributed by atoms with Crippen molar-refractivity contribution in [1.82, 2.24) is 9.78 Å². The van der Waals surface area contributed by atoms with E-state index in [0.29, 0.717) is 0 Å². The van der Waals surface area contributed by atoms with Gasteiger partial charge in [-0.05, 0) is 25.7 Å². The number of hydrogen-bond donors (Lipinski definition) is 1. The van der Waals surface area contributed by atoms with E-state index in [-0.39, 0.29) is 6.61 Å². The Morgan fingerprint density at radius 2 is 2.42 bits per heavy atom. The first-order valence-electron chi connectivity index (χ1n) is 4.43. The highest BCUT2D eigenvalue weighted by Gasteiger charge is 2.22. The van der Waals surface area contributed by atoms with Crippen LogP contribution in [-0.2, 0) is 13.2 Å². The smallest absolute Gasteiger partial charge is 0.0715 e. The van der Waals surface area contributed by atoms with Gasteiger partial charge < -0.3 is 5.11 Å². The molecule has 3 nitrogen and oxygen atoms in total. The molecule has 1 aliphatic rings. The van der Waals surface area contributed by atoms with Crippen molar-refractivity contribution < 1.29 is 5.11 Å². The second-order valence-corrected chi connectivity index (χ2v) is 3.56. The fourth-order valence-corrected chi connectivity index (χ4v) is 1.37. The quantitative estimate of drug-likeness (QED) is 0.730. The number of aliphatic hydroxyl groups is 1. The van der Waals surface area contributed by atoms with Crippen LogP contribution in [0.1, 0.15) is 24.1 Å². The molecule has 0 radical (unpaired) electrons. The molecule has 0 atom stereocenters. The van der Waals surface area contributed by atoms with Gasteiger partial charge in [0, 0.05) is 18.3 Å². The van der Waals surface area contributed by atoms with Gasteiger partial charge in [-0.25, -0.2) is 0 Å². The van der Waals surface area contributed by atoms with Crippen LogP contribution in [0, 0.1) is 12.8 Å². The zero-order valence-corrected chi connectivity index (χ0v) is 7.32. The highest BCUT2D eigenvalue weighted by atomic mass is 16.3. The van der Waals surface area contributed by atoms with Gasteiger partial charge in [0.2, 0.25) is 0 Å². The average molecular weight is 166 g/mol. The first-order chi connectivity index (χ1) is 5.79. The van der Waals surface area contributed by atoms with Crippen LogP contribution < -0.4 is 0 Å². The van der Waals surface area contributed by atoms with Gasteiger partial charge in [-0.3, -0.25) is 4.68 Å². The summed E-state index contributed by atoms with van der Waals surface area (Å²) in [5.41, 5.74) is 1.91. The Morgan fingerprint density at radius 1 is 1.67 bits per heavy atom. The maximum atomic E-state index is 8.93. The summed E-state index contributed by atoms with van der Waals surface area (Å²) in [6.45, 7) is 3.08. The minimum Gasteiger partial charge on any atom is -0.392 e. The highest BCUT2D eigenvalue weighted by molar-refractivity contribution is 5.13. The largest absolute Gasteiger partial charge is 0.392 e. The number of aromatic nitrogens is 2. The van der Waals surface area contributed by atoms with E-state index in [1.807, 2.05) is 17.8 Å². The summed E-state index contributed by atoms with van der Waals surface area (Å²) >= 11 is 0. The molecule has 1 saturated carbocycles. The van der Waals surface area contributed by atoms with E-state index in [9.17, 15) is 0 Å². The minimum absolute atomic E-state index is 0.108. The van der Waals surface area contributed by atoms with E-state index in [2.05, 4.69) is 5.10 Å². The van der Waals surface area contributed by atoms with Gasteiger partial charge in [-0.15, -0.1) is 0 Å². The molecule has 1 aromatic heterocycles. The molecule has 2 rings (SSSR count). The molecule has 0 saturated heterocycles. The molecule has 66 valence electrons. The monoisotopic (exact) mass is 166 g/mol. The second-order valence-electron chi connectivity index (χ2n) is 3.56. The zero-order chi connectivity index (χ0) is 8.55. The van der Waals surface area contributed by atoms with Gasteiger partial charge in [0.05, 0.1) is 12.3 Å². The number of hydrogen-bond acceptors (Lipinski definition) is 2. The molecule has 3 heteroatoms. The molecule has 0 aromatic carbocycles.